The quantitative estimate of drug-likeness (QED) is 0.847. The summed E-state index contributed by atoms with van der Waals surface area (Å²) in [4.78, 5) is 11.6. The monoisotopic (exact) mass is 259 g/mol. The Morgan fingerprint density at radius 1 is 1.64 bits per heavy atom. The summed E-state index contributed by atoms with van der Waals surface area (Å²) >= 11 is 3.24. The number of nitrogens with two attached hydrogens (primary N) is 1. The number of carbonyl (C=O) groups is 1. The van der Waals surface area contributed by atoms with Crippen LogP contribution < -0.4 is 5.73 Å². The fraction of sp³-hybridized carbons (Fsp3) is 0.500. The fourth-order valence-electron chi connectivity index (χ4n) is 1.04. The molecule has 14 heavy (non-hydrogen) atoms. The zero-order valence-corrected chi connectivity index (χ0v) is 9.93. The SMILES string of the molecule is CC(C)(N)CCC(=O)c1occc1Br. The van der Waals surface area contributed by atoms with Crippen molar-refractivity contribution in [3.05, 3.63) is 22.6 Å². The molecule has 0 aliphatic carbocycles. The van der Waals surface area contributed by atoms with E-state index in [1.165, 1.54) is 6.26 Å². The van der Waals surface area contributed by atoms with Crippen LogP contribution in [0.25, 0.3) is 0 Å². The summed E-state index contributed by atoms with van der Waals surface area (Å²) in [6.07, 6.45) is 2.56. The van der Waals surface area contributed by atoms with Gasteiger partial charge in [0.25, 0.3) is 0 Å². The lowest BCUT2D eigenvalue weighted by Crippen LogP contribution is -2.32. The van der Waals surface area contributed by atoms with Gasteiger partial charge in [-0.1, -0.05) is 0 Å². The van der Waals surface area contributed by atoms with E-state index < -0.39 is 0 Å². The summed E-state index contributed by atoms with van der Waals surface area (Å²) in [5, 5.41) is 0. The van der Waals surface area contributed by atoms with Crippen molar-refractivity contribution >= 4 is 21.7 Å². The second kappa shape index (κ2) is 4.28. The highest BCUT2D eigenvalue weighted by Crippen LogP contribution is 2.20. The van der Waals surface area contributed by atoms with E-state index in [4.69, 9.17) is 10.2 Å². The number of furan rings is 1. The molecule has 0 spiro atoms. The standard InChI is InChI=1S/C10H14BrNO2/c1-10(2,12)5-3-8(13)9-7(11)4-6-14-9/h4,6H,3,5,12H2,1-2H3. The molecule has 0 bridgehead atoms. The van der Waals surface area contributed by atoms with Crippen molar-refractivity contribution in [2.24, 2.45) is 5.73 Å². The molecule has 1 aromatic heterocycles. The molecule has 4 heteroatoms. The van der Waals surface area contributed by atoms with E-state index in [-0.39, 0.29) is 11.3 Å². The smallest absolute Gasteiger partial charge is 0.199 e. The third kappa shape index (κ3) is 3.27. The Morgan fingerprint density at radius 2 is 2.29 bits per heavy atom. The summed E-state index contributed by atoms with van der Waals surface area (Å²) < 4.78 is 5.76. The lowest BCUT2D eigenvalue weighted by atomic mass is 9.98. The third-order valence-corrected chi connectivity index (χ3v) is 2.49. The van der Waals surface area contributed by atoms with Gasteiger partial charge in [-0.2, -0.15) is 0 Å². The molecule has 1 rings (SSSR count). The summed E-state index contributed by atoms with van der Waals surface area (Å²) in [7, 11) is 0. The molecule has 1 heterocycles. The van der Waals surface area contributed by atoms with Gasteiger partial charge in [0.15, 0.2) is 11.5 Å². The first-order valence-corrected chi connectivity index (χ1v) is 5.24. The highest BCUT2D eigenvalue weighted by molar-refractivity contribution is 9.10. The van der Waals surface area contributed by atoms with Gasteiger partial charge in [-0.05, 0) is 42.3 Å². The molecule has 0 fully saturated rings. The maximum Gasteiger partial charge on any atom is 0.199 e. The normalized spacial score (nSPS) is 11.7. The molecule has 0 aliphatic rings. The van der Waals surface area contributed by atoms with Crippen molar-refractivity contribution in [2.45, 2.75) is 32.2 Å². The van der Waals surface area contributed by atoms with Crippen molar-refractivity contribution in [3.63, 3.8) is 0 Å². The maximum atomic E-state index is 11.6. The number of halogens is 1. The van der Waals surface area contributed by atoms with E-state index in [1.54, 1.807) is 6.07 Å². The summed E-state index contributed by atoms with van der Waals surface area (Å²) in [5.41, 5.74) is 5.47. The van der Waals surface area contributed by atoms with Gasteiger partial charge in [-0.25, -0.2) is 0 Å². The Morgan fingerprint density at radius 3 is 2.71 bits per heavy atom. The summed E-state index contributed by atoms with van der Waals surface area (Å²) in [6.45, 7) is 3.80. The molecular formula is C10H14BrNO2. The van der Waals surface area contributed by atoms with Crippen molar-refractivity contribution in [2.75, 3.05) is 0 Å². The predicted octanol–water partition coefficient (Wildman–Crippen LogP) is 2.74. The van der Waals surface area contributed by atoms with E-state index in [2.05, 4.69) is 15.9 Å². The lowest BCUT2D eigenvalue weighted by Gasteiger charge is -2.16. The molecule has 0 atom stereocenters. The van der Waals surface area contributed by atoms with E-state index in [0.717, 1.165) is 0 Å². The average Bonchev–Trinajstić information content (AvgIpc) is 2.46. The molecule has 0 aliphatic heterocycles. The van der Waals surface area contributed by atoms with Crippen LogP contribution in [0.5, 0.6) is 0 Å². The van der Waals surface area contributed by atoms with Crippen LogP contribution in [-0.2, 0) is 0 Å². The Balaban J connectivity index is 2.56. The van der Waals surface area contributed by atoms with Crippen molar-refractivity contribution in [1.29, 1.82) is 0 Å². The van der Waals surface area contributed by atoms with Gasteiger partial charge in [0.2, 0.25) is 0 Å². The summed E-state index contributed by atoms with van der Waals surface area (Å²) in [6, 6.07) is 1.71. The molecule has 0 amide bonds. The molecular weight excluding hydrogens is 246 g/mol. The average molecular weight is 260 g/mol. The molecule has 0 saturated carbocycles. The minimum Gasteiger partial charge on any atom is -0.460 e. The van der Waals surface area contributed by atoms with Gasteiger partial charge in [0.05, 0.1) is 10.7 Å². The molecule has 78 valence electrons. The maximum absolute atomic E-state index is 11.6. The summed E-state index contributed by atoms with van der Waals surface area (Å²) in [5.74, 6) is 0.370. The predicted molar refractivity (Wildman–Crippen MR) is 58.2 cm³/mol. The van der Waals surface area contributed by atoms with Crippen molar-refractivity contribution < 1.29 is 9.21 Å². The van der Waals surface area contributed by atoms with Crippen LogP contribution in [0, 0.1) is 0 Å². The number of ketones is 1. The van der Waals surface area contributed by atoms with Gasteiger partial charge in [-0.15, -0.1) is 0 Å². The fourth-order valence-corrected chi connectivity index (χ4v) is 1.46. The molecule has 0 saturated heterocycles. The Kier molecular flexibility index (Phi) is 3.50. The van der Waals surface area contributed by atoms with Gasteiger partial charge in [0, 0.05) is 12.0 Å². The van der Waals surface area contributed by atoms with Crippen molar-refractivity contribution in [3.8, 4) is 0 Å². The van der Waals surface area contributed by atoms with Crippen LogP contribution in [0.15, 0.2) is 21.2 Å². The number of carbonyl (C=O) groups excluding carboxylic acids is 1. The van der Waals surface area contributed by atoms with E-state index in [1.807, 2.05) is 13.8 Å². The zero-order chi connectivity index (χ0) is 10.8. The van der Waals surface area contributed by atoms with Crippen LogP contribution in [0.2, 0.25) is 0 Å². The largest absolute Gasteiger partial charge is 0.460 e. The first-order valence-electron chi connectivity index (χ1n) is 4.45. The number of hydrogen-bond acceptors (Lipinski definition) is 3. The van der Waals surface area contributed by atoms with Gasteiger partial charge in [0.1, 0.15) is 0 Å². The van der Waals surface area contributed by atoms with Crippen LogP contribution in [0.3, 0.4) is 0 Å². The Hall–Kier alpha value is -0.610. The van der Waals surface area contributed by atoms with Crippen LogP contribution in [-0.4, -0.2) is 11.3 Å². The molecule has 0 aromatic carbocycles. The lowest BCUT2D eigenvalue weighted by molar-refractivity contribution is 0.0944. The molecule has 1 aromatic rings. The van der Waals surface area contributed by atoms with Crippen LogP contribution >= 0.6 is 15.9 Å². The molecule has 0 radical (unpaired) electrons. The highest BCUT2D eigenvalue weighted by Gasteiger charge is 2.17. The number of Topliss-reactive ketones (excluding diaryl/α,β-unsaturated/α-hetero) is 1. The van der Waals surface area contributed by atoms with Gasteiger partial charge >= 0.3 is 0 Å². The highest BCUT2D eigenvalue weighted by atomic mass is 79.9. The van der Waals surface area contributed by atoms with Gasteiger partial charge < -0.3 is 10.2 Å². The number of hydrogen-bond donors (Lipinski definition) is 1. The number of rotatable bonds is 4. The first-order chi connectivity index (χ1) is 6.40. The Bertz CT molecular complexity index is 325. The molecule has 2 N–H and O–H groups in total. The minimum atomic E-state index is -0.311. The van der Waals surface area contributed by atoms with Crippen molar-refractivity contribution in [1.82, 2.24) is 0 Å². The van der Waals surface area contributed by atoms with E-state index >= 15 is 0 Å². The van der Waals surface area contributed by atoms with E-state index in [9.17, 15) is 4.79 Å². The minimum absolute atomic E-state index is 0.0135. The molecule has 3 nitrogen and oxygen atoms in total. The van der Waals surface area contributed by atoms with Gasteiger partial charge in [-0.3, -0.25) is 4.79 Å². The van der Waals surface area contributed by atoms with E-state index in [0.29, 0.717) is 23.1 Å². The first kappa shape index (κ1) is 11.5. The molecule has 0 unspecified atom stereocenters. The van der Waals surface area contributed by atoms with Crippen LogP contribution in [0.1, 0.15) is 37.2 Å². The van der Waals surface area contributed by atoms with Crippen LogP contribution in [0.4, 0.5) is 0 Å². The second-order valence-electron chi connectivity index (χ2n) is 4.01. The zero-order valence-electron chi connectivity index (χ0n) is 8.34. The second-order valence-corrected chi connectivity index (χ2v) is 4.86. The Labute approximate surface area is 91.8 Å². The topological polar surface area (TPSA) is 56.2 Å². The third-order valence-electron chi connectivity index (χ3n) is 1.87.